The normalized spacial score (nSPS) is 16.0. The Kier molecular flexibility index (Phi) is 5.66. The summed E-state index contributed by atoms with van der Waals surface area (Å²) < 4.78 is 13.3. The molecule has 1 aliphatic heterocycles. The molecular weight excluding hydrogens is 329 g/mol. The van der Waals surface area contributed by atoms with Crippen LogP contribution in [0.15, 0.2) is 47.5 Å². The van der Waals surface area contributed by atoms with Gasteiger partial charge in [-0.1, -0.05) is 19.4 Å². The number of aliphatic imine (C=N–C) groups is 1. The SMILES string of the molecule is CCCCN(CC)c1ccc(N=CC2C(=O)Nc3cc(F)ccc32)cc1. The number of carbonyl (C=O) groups excluding carboxylic acids is 1. The highest BCUT2D eigenvalue weighted by Crippen LogP contribution is 2.32. The molecule has 1 N–H and O–H groups in total. The number of nitrogens with zero attached hydrogens (tertiary/aromatic N) is 2. The van der Waals surface area contributed by atoms with Crippen LogP contribution in [-0.2, 0) is 4.79 Å². The topological polar surface area (TPSA) is 44.7 Å². The molecule has 0 saturated carbocycles. The van der Waals surface area contributed by atoms with E-state index in [-0.39, 0.29) is 11.7 Å². The molecule has 26 heavy (non-hydrogen) atoms. The molecule has 0 bridgehead atoms. The summed E-state index contributed by atoms with van der Waals surface area (Å²) in [7, 11) is 0. The van der Waals surface area contributed by atoms with Gasteiger partial charge in [0.2, 0.25) is 5.91 Å². The number of carbonyl (C=O) groups is 1. The van der Waals surface area contributed by atoms with E-state index in [9.17, 15) is 9.18 Å². The lowest BCUT2D eigenvalue weighted by Crippen LogP contribution is -2.23. The minimum absolute atomic E-state index is 0.178. The van der Waals surface area contributed by atoms with Gasteiger partial charge in [-0.15, -0.1) is 0 Å². The van der Waals surface area contributed by atoms with E-state index in [0.29, 0.717) is 5.69 Å². The second-order valence-electron chi connectivity index (χ2n) is 6.43. The molecule has 0 aliphatic carbocycles. The average Bonchev–Trinajstić information content (AvgIpc) is 2.95. The van der Waals surface area contributed by atoms with Crippen molar-refractivity contribution in [1.29, 1.82) is 0 Å². The Balaban J connectivity index is 1.72. The van der Waals surface area contributed by atoms with Crippen LogP contribution in [0.4, 0.5) is 21.5 Å². The predicted octanol–water partition coefficient (Wildman–Crippen LogP) is 4.89. The van der Waals surface area contributed by atoms with E-state index in [1.54, 1.807) is 12.3 Å². The number of rotatable bonds is 7. The lowest BCUT2D eigenvalue weighted by Gasteiger charge is -2.22. The third-order valence-electron chi connectivity index (χ3n) is 4.64. The molecule has 0 aromatic heterocycles. The maximum Gasteiger partial charge on any atom is 0.237 e. The van der Waals surface area contributed by atoms with Crippen molar-refractivity contribution in [3.63, 3.8) is 0 Å². The van der Waals surface area contributed by atoms with Crippen molar-refractivity contribution in [1.82, 2.24) is 0 Å². The Hall–Kier alpha value is -2.69. The monoisotopic (exact) mass is 353 g/mol. The Morgan fingerprint density at radius 3 is 2.65 bits per heavy atom. The molecule has 0 saturated heterocycles. The van der Waals surface area contributed by atoms with E-state index >= 15 is 0 Å². The molecule has 1 heterocycles. The van der Waals surface area contributed by atoms with Gasteiger partial charge in [-0.25, -0.2) is 4.39 Å². The summed E-state index contributed by atoms with van der Waals surface area (Å²) >= 11 is 0. The predicted molar refractivity (Wildman–Crippen MR) is 105 cm³/mol. The van der Waals surface area contributed by atoms with Crippen LogP contribution in [0.25, 0.3) is 0 Å². The van der Waals surface area contributed by atoms with Gasteiger partial charge in [-0.2, -0.15) is 0 Å². The first-order valence-electron chi connectivity index (χ1n) is 9.12. The summed E-state index contributed by atoms with van der Waals surface area (Å²) in [6.45, 7) is 6.36. The maximum atomic E-state index is 13.3. The van der Waals surface area contributed by atoms with Crippen LogP contribution in [0.3, 0.4) is 0 Å². The van der Waals surface area contributed by atoms with Crippen molar-refractivity contribution in [3.8, 4) is 0 Å². The van der Waals surface area contributed by atoms with Gasteiger partial charge in [0.05, 0.1) is 5.69 Å². The standard InChI is InChI=1S/C21H24FN3O/c1-3-5-12-25(4-2)17-9-7-16(8-10-17)23-14-19-18-11-6-15(22)13-20(18)24-21(19)26/h6-11,13-14,19H,3-5,12H2,1-2H3,(H,24,26). The quantitative estimate of drug-likeness (QED) is 0.720. The molecule has 4 nitrogen and oxygen atoms in total. The zero-order chi connectivity index (χ0) is 18.5. The van der Waals surface area contributed by atoms with Gasteiger partial charge in [0.1, 0.15) is 11.7 Å². The van der Waals surface area contributed by atoms with Crippen LogP contribution in [0.1, 0.15) is 38.2 Å². The molecule has 2 aromatic rings. The fraction of sp³-hybridized carbons (Fsp3) is 0.333. The fourth-order valence-corrected chi connectivity index (χ4v) is 3.14. The van der Waals surface area contributed by atoms with Crippen LogP contribution in [0.5, 0.6) is 0 Å². The van der Waals surface area contributed by atoms with E-state index in [1.807, 2.05) is 12.1 Å². The van der Waals surface area contributed by atoms with Crippen molar-refractivity contribution < 1.29 is 9.18 Å². The van der Waals surface area contributed by atoms with Gasteiger partial charge in [0.15, 0.2) is 0 Å². The Labute approximate surface area is 153 Å². The first-order valence-corrected chi connectivity index (χ1v) is 9.12. The Bertz CT molecular complexity index is 801. The number of anilines is 2. The van der Waals surface area contributed by atoms with E-state index in [2.05, 4.69) is 41.2 Å². The molecule has 1 unspecified atom stereocenters. The number of nitrogens with one attached hydrogen (secondary N) is 1. The summed E-state index contributed by atoms with van der Waals surface area (Å²) in [5.74, 6) is -1.02. The molecule has 0 radical (unpaired) electrons. The van der Waals surface area contributed by atoms with Gasteiger partial charge >= 0.3 is 0 Å². The molecule has 0 fully saturated rings. The fourth-order valence-electron chi connectivity index (χ4n) is 3.14. The second-order valence-corrected chi connectivity index (χ2v) is 6.43. The zero-order valence-corrected chi connectivity index (χ0v) is 15.2. The highest BCUT2D eigenvalue weighted by atomic mass is 19.1. The van der Waals surface area contributed by atoms with Crippen molar-refractivity contribution in [2.45, 2.75) is 32.6 Å². The summed E-state index contributed by atoms with van der Waals surface area (Å²) in [6, 6.07) is 12.4. The van der Waals surface area contributed by atoms with Crippen molar-refractivity contribution in [2.75, 3.05) is 23.3 Å². The van der Waals surface area contributed by atoms with Crippen LogP contribution in [0, 0.1) is 5.82 Å². The first kappa shape index (κ1) is 18.1. The maximum absolute atomic E-state index is 13.3. The van der Waals surface area contributed by atoms with E-state index < -0.39 is 5.92 Å². The minimum atomic E-state index is -0.484. The molecule has 136 valence electrons. The van der Waals surface area contributed by atoms with Crippen molar-refractivity contribution in [2.24, 2.45) is 4.99 Å². The largest absolute Gasteiger partial charge is 0.372 e. The first-order chi connectivity index (χ1) is 12.6. The molecule has 3 rings (SSSR count). The number of unbranched alkanes of at least 4 members (excludes halogenated alkanes) is 1. The van der Waals surface area contributed by atoms with Crippen LogP contribution < -0.4 is 10.2 Å². The van der Waals surface area contributed by atoms with Gasteiger partial charge in [0, 0.05) is 30.7 Å². The Morgan fingerprint density at radius 1 is 1.19 bits per heavy atom. The molecular formula is C21H24FN3O. The lowest BCUT2D eigenvalue weighted by atomic mass is 10.0. The summed E-state index contributed by atoms with van der Waals surface area (Å²) in [5, 5.41) is 2.70. The third-order valence-corrected chi connectivity index (χ3v) is 4.64. The number of halogens is 1. The molecule has 2 aromatic carbocycles. The van der Waals surface area contributed by atoms with Gasteiger partial charge in [0.25, 0.3) is 0 Å². The third kappa shape index (κ3) is 3.93. The Morgan fingerprint density at radius 2 is 1.96 bits per heavy atom. The van der Waals surface area contributed by atoms with E-state index in [4.69, 9.17) is 0 Å². The summed E-state index contributed by atoms with van der Waals surface area (Å²) in [6.07, 6.45) is 3.97. The molecule has 0 spiro atoms. The van der Waals surface area contributed by atoms with Crippen molar-refractivity contribution >= 4 is 29.2 Å². The number of hydrogen-bond donors (Lipinski definition) is 1. The highest BCUT2D eigenvalue weighted by Gasteiger charge is 2.29. The minimum Gasteiger partial charge on any atom is -0.372 e. The van der Waals surface area contributed by atoms with Crippen LogP contribution in [0.2, 0.25) is 0 Å². The smallest absolute Gasteiger partial charge is 0.237 e. The molecule has 1 aliphatic rings. The van der Waals surface area contributed by atoms with Gasteiger partial charge < -0.3 is 10.2 Å². The zero-order valence-electron chi connectivity index (χ0n) is 15.2. The van der Waals surface area contributed by atoms with Gasteiger partial charge in [-0.05, 0) is 55.3 Å². The van der Waals surface area contributed by atoms with E-state index in [0.717, 1.165) is 24.3 Å². The summed E-state index contributed by atoms with van der Waals surface area (Å²) in [5.41, 5.74) is 3.26. The molecule has 5 heteroatoms. The molecule has 1 amide bonds. The number of hydrogen-bond acceptors (Lipinski definition) is 3. The second kappa shape index (κ2) is 8.13. The average molecular weight is 353 g/mol. The number of amides is 1. The lowest BCUT2D eigenvalue weighted by molar-refractivity contribution is -0.115. The number of benzene rings is 2. The molecule has 1 atom stereocenters. The van der Waals surface area contributed by atoms with Gasteiger partial charge in [-0.3, -0.25) is 9.79 Å². The van der Waals surface area contributed by atoms with Crippen LogP contribution in [-0.4, -0.2) is 25.2 Å². The number of fused-ring (bicyclic) bond motifs is 1. The highest BCUT2D eigenvalue weighted by molar-refractivity contribution is 6.12. The van der Waals surface area contributed by atoms with Crippen LogP contribution >= 0.6 is 0 Å². The van der Waals surface area contributed by atoms with Crippen molar-refractivity contribution in [3.05, 3.63) is 53.8 Å². The summed E-state index contributed by atoms with van der Waals surface area (Å²) in [4.78, 5) is 18.9. The van der Waals surface area contributed by atoms with E-state index in [1.165, 1.54) is 30.7 Å².